The van der Waals surface area contributed by atoms with Gasteiger partial charge >= 0.3 is 12.6 Å². The SMILES string of the molecule is CCOC(=O)C1(c2ccc(OC(F)F)cc2)CN(CC(=O)Nc2ccc(Br)cc2)N=C1c1ccc(Cl)cc1. The molecule has 0 fully saturated rings. The largest absolute Gasteiger partial charge is 0.465 e. The number of carbonyl (C=O) groups is 2. The van der Waals surface area contributed by atoms with Gasteiger partial charge < -0.3 is 14.8 Å². The molecule has 0 aromatic heterocycles. The number of nitrogens with zero attached hydrogens (tertiary/aromatic N) is 2. The highest BCUT2D eigenvalue weighted by Gasteiger charge is 2.52. The van der Waals surface area contributed by atoms with Gasteiger partial charge in [-0.15, -0.1) is 0 Å². The van der Waals surface area contributed by atoms with Crippen LogP contribution in [0.2, 0.25) is 5.02 Å². The lowest BCUT2D eigenvalue weighted by Crippen LogP contribution is -2.48. The minimum Gasteiger partial charge on any atom is -0.465 e. The molecule has 0 bridgehead atoms. The number of rotatable bonds is 9. The van der Waals surface area contributed by atoms with E-state index < -0.39 is 18.0 Å². The number of halogens is 4. The number of hydrogen-bond donors (Lipinski definition) is 1. The lowest BCUT2D eigenvalue weighted by Gasteiger charge is -2.29. The lowest BCUT2D eigenvalue weighted by atomic mass is 9.74. The Morgan fingerprint density at radius 2 is 1.74 bits per heavy atom. The van der Waals surface area contributed by atoms with Crippen molar-refractivity contribution in [3.8, 4) is 5.75 Å². The Kier molecular flexibility index (Phi) is 8.63. The number of hydrazone groups is 1. The fourth-order valence-corrected chi connectivity index (χ4v) is 4.59. The second-order valence-corrected chi connectivity index (χ2v) is 9.71. The fraction of sp³-hybridized carbons (Fsp3) is 0.222. The Bertz CT molecular complexity index is 1320. The van der Waals surface area contributed by atoms with Gasteiger partial charge in [0.25, 0.3) is 0 Å². The molecular weight excluding hydrogens is 584 g/mol. The normalized spacial score (nSPS) is 16.8. The van der Waals surface area contributed by atoms with Crippen molar-refractivity contribution >= 4 is 50.8 Å². The Labute approximate surface area is 231 Å². The van der Waals surface area contributed by atoms with Gasteiger partial charge in [0.2, 0.25) is 5.91 Å². The first-order chi connectivity index (χ1) is 18.2. The van der Waals surface area contributed by atoms with Gasteiger partial charge in [0.15, 0.2) is 5.41 Å². The second kappa shape index (κ2) is 11.9. The number of alkyl halides is 2. The molecule has 3 aromatic rings. The molecule has 1 heterocycles. The van der Waals surface area contributed by atoms with Crippen molar-refractivity contribution in [1.29, 1.82) is 0 Å². The molecule has 0 saturated heterocycles. The van der Waals surface area contributed by atoms with Gasteiger partial charge in [-0.2, -0.15) is 13.9 Å². The number of ether oxygens (including phenoxy) is 2. The summed E-state index contributed by atoms with van der Waals surface area (Å²) in [4.78, 5) is 26.5. The molecule has 1 unspecified atom stereocenters. The van der Waals surface area contributed by atoms with Gasteiger partial charge in [-0.25, -0.2) is 0 Å². The fourth-order valence-electron chi connectivity index (χ4n) is 4.20. The van der Waals surface area contributed by atoms with Crippen molar-refractivity contribution in [2.24, 2.45) is 5.10 Å². The van der Waals surface area contributed by atoms with E-state index >= 15 is 0 Å². The predicted octanol–water partition coefficient (Wildman–Crippen LogP) is 5.86. The van der Waals surface area contributed by atoms with Gasteiger partial charge in [0, 0.05) is 15.2 Å². The smallest absolute Gasteiger partial charge is 0.387 e. The van der Waals surface area contributed by atoms with E-state index in [4.69, 9.17) is 16.3 Å². The molecule has 3 aromatic carbocycles. The Morgan fingerprint density at radius 1 is 1.08 bits per heavy atom. The molecule has 11 heteroatoms. The Hall–Kier alpha value is -3.50. The summed E-state index contributed by atoms with van der Waals surface area (Å²) in [6, 6.07) is 19.6. The highest BCUT2D eigenvalue weighted by atomic mass is 79.9. The van der Waals surface area contributed by atoms with E-state index in [-0.39, 0.29) is 31.4 Å². The zero-order chi connectivity index (χ0) is 27.3. The Balaban J connectivity index is 1.72. The van der Waals surface area contributed by atoms with Crippen LogP contribution in [0, 0.1) is 0 Å². The topological polar surface area (TPSA) is 80.2 Å². The summed E-state index contributed by atoms with van der Waals surface area (Å²) >= 11 is 9.45. The van der Waals surface area contributed by atoms with Crippen molar-refractivity contribution in [2.75, 3.05) is 25.0 Å². The third-order valence-electron chi connectivity index (χ3n) is 5.83. The zero-order valence-electron chi connectivity index (χ0n) is 20.2. The molecule has 0 saturated carbocycles. The van der Waals surface area contributed by atoms with Crippen LogP contribution in [0.4, 0.5) is 14.5 Å². The van der Waals surface area contributed by atoms with Gasteiger partial charge in [-0.3, -0.25) is 14.6 Å². The molecule has 1 aliphatic rings. The summed E-state index contributed by atoms with van der Waals surface area (Å²) in [5.41, 5.74) is 0.524. The van der Waals surface area contributed by atoms with E-state index in [0.29, 0.717) is 27.5 Å². The number of nitrogens with one attached hydrogen (secondary N) is 1. The maximum Gasteiger partial charge on any atom is 0.387 e. The average Bonchev–Trinajstić information content (AvgIpc) is 3.26. The van der Waals surface area contributed by atoms with Crippen LogP contribution in [0.15, 0.2) is 82.4 Å². The summed E-state index contributed by atoms with van der Waals surface area (Å²) in [5.74, 6) is -0.990. The highest BCUT2D eigenvalue weighted by molar-refractivity contribution is 9.10. The van der Waals surface area contributed by atoms with E-state index in [1.165, 1.54) is 29.3 Å². The first-order valence-electron chi connectivity index (χ1n) is 11.6. The molecule has 0 radical (unpaired) electrons. The average molecular weight is 607 g/mol. The molecule has 1 aliphatic heterocycles. The van der Waals surface area contributed by atoms with E-state index in [1.54, 1.807) is 55.5 Å². The van der Waals surface area contributed by atoms with E-state index in [0.717, 1.165) is 4.47 Å². The minimum atomic E-state index is -2.99. The van der Waals surface area contributed by atoms with Crippen LogP contribution < -0.4 is 10.1 Å². The number of anilines is 1. The van der Waals surface area contributed by atoms with Crippen LogP contribution in [0.3, 0.4) is 0 Å². The summed E-state index contributed by atoms with van der Waals surface area (Å²) in [7, 11) is 0. The molecule has 0 spiro atoms. The van der Waals surface area contributed by atoms with Crippen molar-refractivity contribution in [2.45, 2.75) is 19.0 Å². The molecular formula is C27H23BrClF2N3O4. The van der Waals surface area contributed by atoms with Crippen LogP contribution in [0.5, 0.6) is 5.75 Å². The zero-order valence-corrected chi connectivity index (χ0v) is 22.5. The van der Waals surface area contributed by atoms with E-state index in [9.17, 15) is 18.4 Å². The Morgan fingerprint density at radius 3 is 2.34 bits per heavy atom. The molecule has 38 heavy (non-hydrogen) atoms. The lowest BCUT2D eigenvalue weighted by molar-refractivity contribution is -0.147. The summed E-state index contributed by atoms with van der Waals surface area (Å²) in [6.07, 6.45) is 0. The monoisotopic (exact) mass is 605 g/mol. The van der Waals surface area contributed by atoms with Gasteiger partial charge in [-0.1, -0.05) is 51.8 Å². The van der Waals surface area contributed by atoms with Crippen LogP contribution in [-0.2, 0) is 19.7 Å². The predicted molar refractivity (Wildman–Crippen MR) is 144 cm³/mol. The molecule has 0 aliphatic carbocycles. The van der Waals surface area contributed by atoms with Crippen LogP contribution in [0.1, 0.15) is 18.1 Å². The summed E-state index contributed by atoms with van der Waals surface area (Å²) < 4.78 is 36.3. The highest BCUT2D eigenvalue weighted by Crippen LogP contribution is 2.38. The third-order valence-corrected chi connectivity index (χ3v) is 6.61. The van der Waals surface area contributed by atoms with E-state index in [2.05, 4.69) is 31.1 Å². The van der Waals surface area contributed by atoms with Crippen LogP contribution in [-0.4, -0.2) is 48.9 Å². The number of benzene rings is 3. The number of esters is 1. The molecule has 1 atom stereocenters. The third kappa shape index (κ3) is 6.14. The quantitative estimate of drug-likeness (QED) is 0.309. The number of carbonyl (C=O) groups excluding carboxylic acids is 2. The molecule has 7 nitrogen and oxygen atoms in total. The summed E-state index contributed by atoms with van der Waals surface area (Å²) in [5, 5.41) is 9.47. The van der Waals surface area contributed by atoms with Gasteiger partial charge in [0.05, 0.1) is 18.9 Å². The van der Waals surface area contributed by atoms with Gasteiger partial charge in [-0.05, 0) is 66.6 Å². The van der Waals surface area contributed by atoms with Crippen LogP contribution in [0.25, 0.3) is 0 Å². The molecule has 1 N–H and O–H groups in total. The minimum absolute atomic E-state index is 0.0212. The second-order valence-electron chi connectivity index (χ2n) is 8.36. The summed E-state index contributed by atoms with van der Waals surface area (Å²) in [6.45, 7) is -1.38. The van der Waals surface area contributed by atoms with Gasteiger partial charge in [0.1, 0.15) is 12.3 Å². The van der Waals surface area contributed by atoms with Crippen molar-refractivity contribution in [1.82, 2.24) is 5.01 Å². The van der Waals surface area contributed by atoms with Crippen molar-refractivity contribution < 1.29 is 27.8 Å². The number of hydrogen-bond acceptors (Lipinski definition) is 6. The molecule has 198 valence electrons. The first-order valence-corrected chi connectivity index (χ1v) is 12.8. The molecule has 4 rings (SSSR count). The number of amides is 1. The maximum atomic E-state index is 13.6. The van der Waals surface area contributed by atoms with Crippen molar-refractivity contribution in [3.63, 3.8) is 0 Å². The maximum absolute atomic E-state index is 13.6. The van der Waals surface area contributed by atoms with Crippen molar-refractivity contribution in [3.05, 3.63) is 93.4 Å². The molecule has 1 amide bonds. The standard InChI is InChI=1S/C27H23BrClF2N3O4/c1-2-37-25(36)27(18-5-13-22(14-6-18)38-26(30)31)16-34(33-24(27)17-3-9-20(29)10-4-17)15-23(35)32-21-11-7-19(28)8-12-21/h3-14,26H,2,15-16H2,1H3,(H,32,35). The van der Waals surface area contributed by atoms with E-state index in [1.807, 2.05) is 0 Å². The first kappa shape index (κ1) is 27.5. The van der Waals surface area contributed by atoms with Crippen LogP contribution >= 0.6 is 27.5 Å².